The number of anilines is 1. The van der Waals surface area contributed by atoms with Crippen LogP contribution in [0.25, 0.3) is 11.2 Å². The Balaban J connectivity index is 1.72. The van der Waals surface area contributed by atoms with Crippen molar-refractivity contribution in [1.82, 2.24) is 24.4 Å². The normalized spacial score (nSPS) is 18.7. The van der Waals surface area contributed by atoms with E-state index in [1.165, 1.54) is 12.7 Å². The Labute approximate surface area is 148 Å². The van der Waals surface area contributed by atoms with Crippen LogP contribution in [0.1, 0.15) is 53.0 Å². The highest BCUT2D eigenvalue weighted by Crippen LogP contribution is 2.37. The molecule has 0 aromatic carbocycles. The SMILES string of the molecule is CC(C)CC1(C)CCN(C(=O)C(C)n2cnc3c(N)ncnc32)CC1. The molecule has 0 saturated carbocycles. The number of nitrogen functional groups attached to an aromatic ring is 1. The Bertz CT molecular complexity index is 760. The summed E-state index contributed by atoms with van der Waals surface area (Å²) in [5.74, 6) is 1.14. The van der Waals surface area contributed by atoms with E-state index in [9.17, 15) is 4.79 Å². The van der Waals surface area contributed by atoms with Crippen molar-refractivity contribution in [3.05, 3.63) is 12.7 Å². The second-order valence-electron chi connectivity index (χ2n) is 7.99. The first-order valence-corrected chi connectivity index (χ1v) is 9.02. The van der Waals surface area contributed by atoms with E-state index in [2.05, 4.69) is 35.7 Å². The number of imidazole rings is 1. The molecule has 1 aliphatic rings. The van der Waals surface area contributed by atoms with Gasteiger partial charge in [-0.2, -0.15) is 0 Å². The molecule has 1 amide bonds. The molecule has 0 spiro atoms. The third-order valence-electron chi connectivity index (χ3n) is 5.34. The first-order chi connectivity index (χ1) is 11.8. The summed E-state index contributed by atoms with van der Waals surface area (Å²) in [5.41, 5.74) is 7.33. The topological polar surface area (TPSA) is 89.9 Å². The molecule has 1 aliphatic heterocycles. The second kappa shape index (κ2) is 6.61. The number of carbonyl (C=O) groups excluding carboxylic acids is 1. The van der Waals surface area contributed by atoms with E-state index in [1.807, 2.05) is 11.8 Å². The molecule has 2 aromatic rings. The van der Waals surface area contributed by atoms with Crippen LogP contribution in [0.3, 0.4) is 0 Å². The maximum absolute atomic E-state index is 13.0. The van der Waals surface area contributed by atoms with Crippen molar-refractivity contribution in [1.29, 1.82) is 0 Å². The number of carbonyl (C=O) groups is 1. The fourth-order valence-corrected chi connectivity index (χ4v) is 3.99. The van der Waals surface area contributed by atoms with Gasteiger partial charge in [0, 0.05) is 13.1 Å². The molecule has 1 saturated heterocycles. The summed E-state index contributed by atoms with van der Waals surface area (Å²) in [6.45, 7) is 10.4. The average molecular weight is 344 g/mol. The molecule has 2 N–H and O–H groups in total. The van der Waals surface area contributed by atoms with Crippen LogP contribution in [0.15, 0.2) is 12.7 Å². The number of nitrogens with two attached hydrogens (primary N) is 1. The molecule has 3 rings (SSSR count). The third-order valence-corrected chi connectivity index (χ3v) is 5.34. The van der Waals surface area contributed by atoms with Gasteiger partial charge in [0.05, 0.1) is 6.33 Å². The van der Waals surface area contributed by atoms with E-state index in [4.69, 9.17) is 5.73 Å². The highest BCUT2D eigenvalue weighted by molar-refractivity contribution is 5.85. The summed E-state index contributed by atoms with van der Waals surface area (Å²) in [6.07, 6.45) is 6.37. The van der Waals surface area contributed by atoms with Crippen LogP contribution in [-0.4, -0.2) is 43.4 Å². The van der Waals surface area contributed by atoms with Gasteiger partial charge in [0.1, 0.15) is 17.9 Å². The van der Waals surface area contributed by atoms with E-state index in [-0.39, 0.29) is 11.9 Å². The van der Waals surface area contributed by atoms with Crippen LogP contribution in [-0.2, 0) is 4.79 Å². The summed E-state index contributed by atoms with van der Waals surface area (Å²) < 4.78 is 1.79. The van der Waals surface area contributed by atoms with Gasteiger partial charge in [0.15, 0.2) is 11.5 Å². The number of hydrogen-bond acceptors (Lipinski definition) is 5. The zero-order valence-corrected chi connectivity index (χ0v) is 15.6. The lowest BCUT2D eigenvalue weighted by Crippen LogP contribution is -2.44. The van der Waals surface area contributed by atoms with Crippen LogP contribution in [0, 0.1) is 11.3 Å². The number of rotatable bonds is 4. The molecule has 1 unspecified atom stereocenters. The Kier molecular flexibility index (Phi) is 4.67. The van der Waals surface area contributed by atoms with E-state index in [0.29, 0.717) is 28.3 Å². The van der Waals surface area contributed by atoms with Crippen molar-refractivity contribution in [3.63, 3.8) is 0 Å². The summed E-state index contributed by atoms with van der Waals surface area (Å²) in [5, 5.41) is 0. The van der Waals surface area contributed by atoms with Gasteiger partial charge in [0.25, 0.3) is 0 Å². The van der Waals surface area contributed by atoms with Crippen LogP contribution in [0.2, 0.25) is 0 Å². The number of hydrogen-bond donors (Lipinski definition) is 1. The summed E-state index contributed by atoms with van der Waals surface area (Å²) in [7, 11) is 0. The number of fused-ring (bicyclic) bond motifs is 1. The molecule has 1 fully saturated rings. The molecule has 136 valence electrons. The molecule has 2 aromatic heterocycles. The number of amides is 1. The molecular weight excluding hydrogens is 316 g/mol. The largest absolute Gasteiger partial charge is 0.382 e. The molecule has 7 nitrogen and oxygen atoms in total. The van der Waals surface area contributed by atoms with Gasteiger partial charge in [-0.1, -0.05) is 20.8 Å². The predicted molar refractivity (Wildman–Crippen MR) is 97.8 cm³/mol. The van der Waals surface area contributed by atoms with Crippen LogP contribution in [0.4, 0.5) is 5.82 Å². The zero-order chi connectivity index (χ0) is 18.2. The molecule has 25 heavy (non-hydrogen) atoms. The van der Waals surface area contributed by atoms with Gasteiger partial charge in [-0.05, 0) is 37.5 Å². The van der Waals surface area contributed by atoms with Gasteiger partial charge < -0.3 is 15.2 Å². The maximum atomic E-state index is 13.0. The van der Waals surface area contributed by atoms with E-state index >= 15 is 0 Å². The van der Waals surface area contributed by atoms with E-state index in [0.717, 1.165) is 25.9 Å². The smallest absolute Gasteiger partial charge is 0.245 e. The average Bonchev–Trinajstić information content (AvgIpc) is 2.98. The van der Waals surface area contributed by atoms with Crippen LogP contribution >= 0.6 is 0 Å². The Morgan fingerprint density at radius 1 is 1.24 bits per heavy atom. The quantitative estimate of drug-likeness (QED) is 0.921. The fourth-order valence-electron chi connectivity index (χ4n) is 3.99. The highest BCUT2D eigenvalue weighted by atomic mass is 16.2. The lowest BCUT2D eigenvalue weighted by molar-refractivity contribution is -0.136. The van der Waals surface area contributed by atoms with E-state index in [1.54, 1.807) is 10.9 Å². The predicted octanol–water partition coefficient (Wildman–Crippen LogP) is 2.64. The lowest BCUT2D eigenvalue weighted by atomic mass is 9.74. The minimum absolute atomic E-state index is 0.114. The fraction of sp³-hybridized carbons (Fsp3) is 0.667. The number of likely N-dealkylation sites (tertiary alicyclic amines) is 1. The molecule has 3 heterocycles. The number of nitrogens with zero attached hydrogens (tertiary/aromatic N) is 5. The Hall–Kier alpha value is -2.18. The van der Waals surface area contributed by atoms with Crippen LogP contribution < -0.4 is 5.73 Å². The minimum Gasteiger partial charge on any atom is -0.382 e. The summed E-state index contributed by atoms with van der Waals surface area (Å²) in [4.78, 5) is 27.4. The number of aromatic nitrogens is 4. The molecule has 0 aliphatic carbocycles. The molecule has 7 heteroatoms. The first kappa shape index (κ1) is 17.6. The standard InChI is InChI=1S/C18H28N6O/c1-12(2)9-18(4)5-7-23(8-6-18)17(25)13(3)24-11-22-14-15(19)20-10-21-16(14)24/h10-13H,5-9H2,1-4H3,(H2,19,20,21). The second-order valence-corrected chi connectivity index (χ2v) is 7.99. The van der Waals surface area contributed by atoms with Gasteiger partial charge in [0.2, 0.25) is 5.91 Å². The Morgan fingerprint density at radius 2 is 1.92 bits per heavy atom. The minimum atomic E-state index is -0.353. The third kappa shape index (κ3) is 3.45. The molecule has 0 bridgehead atoms. The van der Waals surface area contributed by atoms with Crippen molar-refractivity contribution in [2.75, 3.05) is 18.8 Å². The lowest BCUT2D eigenvalue weighted by Gasteiger charge is -2.41. The molecule has 0 radical (unpaired) electrons. The number of piperidine rings is 1. The summed E-state index contributed by atoms with van der Waals surface area (Å²) in [6, 6.07) is -0.353. The molecule has 1 atom stereocenters. The molecular formula is C18H28N6O. The van der Waals surface area contributed by atoms with Gasteiger partial charge in [-0.25, -0.2) is 15.0 Å². The van der Waals surface area contributed by atoms with Crippen molar-refractivity contribution in [3.8, 4) is 0 Å². The monoisotopic (exact) mass is 344 g/mol. The van der Waals surface area contributed by atoms with Crippen molar-refractivity contribution >= 4 is 22.9 Å². The zero-order valence-electron chi connectivity index (χ0n) is 15.6. The van der Waals surface area contributed by atoms with Crippen LogP contribution in [0.5, 0.6) is 0 Å². The van der Waals surface area contributed by atoms with Gasteiger partial charge >= 0.3 is 0 Å². The van der Waals surface area contributed by atoms with E-state index < -0.39 is 0 Å². The first-order valence-electron chi connectivity index (χ1n) is 9.02. The van der Waals surface area contributed by atoms with Crippen molar-refractivity contribution in [2.45, 2.75) is 53.0 Å². The van der Waals surface area contributed by atoms with Crippen molar-refractivity contribution in [2.24, 2.45) is 11.3 Å². The van der Waals surface area contributed by atoms with Gasteiger partial charge in [-0.3, -0.25) is 4.79 Å². The van der Waals surface area contributed by atoms with Crippen molar-refractivity contribution < 1.29 is 4.79 Å². The van der Waals surface area contributed by atoms with Gasteiger partial charge in [-0.15, -0.1) is 0 Å². The summed E-state index contributed by atoms with van der Waals surface area (Å²) >= 11 is 0. The Morgan fingerprint density at radius 3 is 2.56 bits per heavy atom. The highest BCUT2D eigenvalue weighted by Gasteiger charge is 2.34. The maximum Gasteiger partial charge on any atom is 0.245 e.